The second kappa shape index (κ2) is 11.8. The van der Waals surface area contributed by atoms with Gasteiger partial charge >= 0.3 is 0 Å². The first-order valence-electron chi connectivity index (χ1n) is 18.7. The molecule has 0 bridgehead atoms. The molecule has 2 nitrogen and oxygen atoms in total. The molecule has 9 aromatic carbocycles. The zero-order chi connectivity index (χ0) is 35.9. The number of rotatable bonds is 3. The lowest BCUT2D eigenvalue weighted by molar-refractivity contribution is 0.667. The molecule has 0 saturated carbocycles. The maximum absolute atomic E-state index is 6.63. The third-order valence-electron chi connectivity index (χ3n) is 11.4. The topological polar surface area (TPSA) is 26.3 Å². The van der Waals surface area contributed by atoms with Gasteiger partial charge in [0, 0.05) is 26.9 Å². The molecule has 0 N–H and O–H groups in total. The van der Waals surface area contributed by atoms with E-state index in [1.165, 1.54) is 65.4 Å². The molecule has 0 aliphatic rings. The summed E-state index contributed by atoms with van der Waals surface area (Å²) in [4.78, 5) is 0. The van der Waals surface area contributed by atoms with E-state index < -0.39 is 0 Å². The van der Waals surface area contributed by atoms with Crippen LogP contribution in [0.1, 0.15) is 13.8 Å². The van der Waals surface area contributed by atoms with E-state index in [4.69, 9.17) is 8.83 Å². The quantitative estimate of drug-likeness (QED) is 0.184. The highest BCUT2D eigenvalue weighted by atomic mass is 16.3. The van der Waals surface area contributed by atoms with Crippen LogP contribution in [-0.4, -0.2) is 0 Å². The van der Waals surface area contributed by atoms with E-state index in [0.29, 0.717) is 0 Å². The predicted molar refractivity (Wildman–Crippen MR) is 229 cm³/mol. The van der Waals surface area contributed by atoms with Crippen molar-refractivity contribution in [1.29, 1.82) is 0 Å². The Bertz CT molecular complexity index is 3450. The Morgan fingerprint density at radius 3 is 1.56 bits per heavy atom. The molecule has 0 aliphatic carbocycles. The summed E-state index contributed by atoms with van der Waals surface area (Å²) in [6.07, 6.45) is 4.57. The minimum absolute atomic E-state index is 0.862. The first-order valence-corrected chi connectivity index (χ1v) is 18.7. The zero-order valence-electron chi connectivity index (χ0n) is 30.0. The molecule has 11 aromatic rings. The van der Waals surface area contributed by atoms with E-state index in [0.717, 1.165) is 54.6 Å². The molecule has 0 radical (unpaired) electrons. The van der Waals surface area contributed by atoms with Crippen molar-refractivity contribution in [2.24, 2.45) is 0 Å². The van der Waals surface area contributed by atoms with Gasteiger partial charge in [-0.3, -0.25) is 0 Å². The zero-order valence-corrected chi connectivity index (χ0v) is 30.0. The Balaban J connectivity index is 1.26. The Labute approximate surface area is 311 Å². The van der Waals surface area contributed by atoms with Crippen LogP contribution >= 0.6 is 0 Å². The molecule has 254 valence electrons. The average Bonchev–Trinajstić information content (AvgIpc) is 3.80. The lowest BCUT2D eigenvalue weighted by atomic mass is 9.84. The van der Waals surface area contributed by atoms with Crippen LogP contribution in [-0.2, 0) is 0 Å². The molecule has 0 unspecified atom stereocenters. The van der Waals surface area contributed by atoms with Gasteiger partial charge in [0.15, 0.2) is 0 Å². The number of furan rings is 2. The molecule has 0 saturated heterocycles. The predicted octanol–water partition coefficient (Wildman–Crippen LogP) is 13.5. The van der Waals surface area contributed by atoms with Crippen molar-refractivity contribution in [2.75, 3.05) is 0 Å². The Morgan fingerprint density at radius 2 is 0.852 bits per heavy atom. The van der Waals surface area contributed by atoms with Gasteiger partial charge < -0.3 is 8.83 Å². The van der Waals surface area contributed by atoms with Crippen molar-refractivity contribution in [3.8, 4) is 33.4 Å². The highest BCUT2D eigenvalue weighted by molar-refractivity contribution is 6.24. The molecule has 0 fully saturated rings. The van der Waals surface area contributed by atoms with Crippen LogP contribution in [0.5, 0.6) is 0 Å². The first-order chi connectivity index (χ1) is 26.7. The molecular weight excluding hydrogens is 657 g/mol. The highest BCUT2D eigenvalue weighted by Crippen LogP contribution is 2.46. The van der Waals surface area contributed by atoms with Crippen LogP contribution in [0.25, 0.3) is 122 Å². The van der Waals surface area contributed by atoms with Gasteiger partial charge in [-0.2, -0.15) is 0 Å². The van der Waals surface area contributed by atoms with Gasteiger partial charge in [-0.25, -0.2) is 0 Å². The SMILES string of the molecule is C/C=c1/c(-c2ccccc2)c2ccccc2c(-c2ccc(-c3cc4c5ccccc5oc4c4cc5oc6ccccc6c5cc34)c3ccccc23)/c1=C/C. The van der Waals surface area contributed by atoms with Gasteiger partial charge in [0.2, 0.25) is 0 Å². The number of benzene rings is 9. The largest absolute Gasteiger partial charge is 0.456 e. The normalized spacial score (nSPS) is 12.9. The molecular formula is C52H34O2. The number of hydrogen-bond donors (Lipinski definition) is 0. The molecule has 2 aromatic heterocycles. The van der Waals surface area contributed by atoms with Crippen LogP contribution in [0.15, 0.2) is 167 Å². The lowest BCUT2D eigenvalue weighted by Crippen LogP contribution is -2.29. The molecule has 54 heavy (non-hydrogen) atoms. The second-order valence-electron chi connectivity index (χ2n) is 14.2. The smallest absolute Gasteiger partial charge is 0.143 e. The number of fused-ring (bicyclic) bond motifs is 10. The second-order valence-corrected chi connectivity index (χ2v) is 14.2. The fourth-order valence-corrected chi connectivity index (χ4v) is 9.07. The number of hydrogen-bond acceptors (Lipinski definition) is 2. The minimum Gasteiger partial charge on any atom is -0.456 e. The van der Waals surface area contributed by atoms with Crippen molar-refractivity contribution < 1.29 is 8.83 Å². The van der Waals surface area contributed by atoms with E-state index in [1.807, 2.05) is 18.2 Å². The van der Waals surface area contributed by atoms with Gasteiger partial charge in [0.05, 0.1) is 0 Å². The summed E-state index contributed by atoms with van der Waals surface area (Å²) in [5.74, 6) is 0. The van der Waals surface area contributed by atoms with E-state index in [1.54, 1.807) is 0 Å². The monoisotopic (exact) mass is 690 g/mol. The van der Waals surface area contributed by atoms with Crippen LogP contribution in [0.3, 0.4) is 0 Å². The summed E-state index contributed by atoms with van der Waals surface area (Å²) in [5.41, 5.74) is 10.9. The minimum atomic E-state index is 0.862. The Hall–Kier alpha value is -6.90. The molecule has 2 heteroatoms. The Kier molecular flexibility index (Phi) is 6.72. The van der Waals surface area contributed by atoms with E-state index >= 15 is 0 Å². The van der Waals surface area contributed by atoms with Crippen molar-refractivity contribution in [3.05, 3.63) is 168 Å². The molecule has 0 amide bonds. The molecule has 0 atom stereocenters. The highest BCUT2D eigenvalue weighted by Gasteiger charge is 2.21. The third-order valence-corrected chi connectivity index (χ3v) is 11.4. The third kappa shape index (κ3) is 4.34. The Morgan fingerprint density at radius 1 is 0.333 bits per heavy atom. The fourth-order valence-electron chi connectivity index (χ4n) is 9.07. The molecule has 2 heterocycles. The fraction of sp³-hybridized carbons (Fsp3) is 0.0385. The summed E-state index contributed by atoms with van der Waals surface area (Å²) in [5, 5.41) is 14.1. The van der Waals surface area contributed by atoms with Crippen LogP contribution < -0.4 is 10.4 Å². The summed E-state index contributed by atoms with van der Waals surface area (Å²) in [6, 6.07) is 56.8. The van der Waals surface area contributed by atoms with Crippen LogP contribution in [0.4, 0.5) is 0 Å². The number of para-hydroxylation sites is 2. The standard InChI is InChI=1S/C52H34O2/c1-3-32-33(4-2)51(40-23-11-10-22-39(40)50(32)31-16-6-5-7-17-31)41-27-26-36(34-18-8-9-19-35(34)41)42-29-45-38-21-13-15-25-48(38)54-52(45)46-30-49-44(28-43(42)46)37-20-12-14-24-47(37)53-49/h3-30H,1-2H3/b32-3+,33-4+. The molecule has 0 aliphatic heterocycles. The molecule has 0 spiro atoms. The molecule has 11 rings (SSSR count). The van der Waals surface area contributed by atoms with Gasteiger partial charge in [0.1, 0.15) is 22.3 Å². The summed E-state index contributed by atoms with van der Waals surface area (Å²) >= 11 is 0. The lowest BCUT2D eigenvalue weighted by Gasteiger charge is -2.19. The van der Waals surface area contributed by atoms with Crippen molar-refractivity contribution in [3.63, 3.8) is 0 Å². The van der Waals surface area contributed by atoms with Gasteiger partial charge in [0.25, 0.3) is 0 Å². The van der Waals surface area contributed by atoms with Crippen molar-refractivity contribution >= 4 is 88.3 Å². The first kappa shape index (κ1) is 30.7. The van der Waals surface area contributed by atoms with Crippen LogP contribution in [0, 0.1) is 0 Å². The van der Waals surface area contributed by atoms with Crippen molar-refractivity contribution in [1.82, 2.24) is 0 Å². The van der Waals surface area contributed by atoms with E-state index in [2.05, 4.69) is 166 Å². The van der Waals surface area contributed by atoms with E-state index in [9.17, 15) is 0 Å². The summed E-state index contributed by atoms with van der Waals surface area (Å²) in [7, 11) is 0. The maximum Gasteiger partial charge on any atom is 0.143 e. The van der Waals surface area contributed by atoms with Gasteiger partial charge in [-0.1, -0.05) is 140 Å². The van der Waals surface area contributed by atoms with Gasteiger partial charge in [-0.15, -0.1) is 0 Å². The van der Waals surface area contributed by atoms with E-state index in [-0.39, 0.29) is 0 Å². The van der Waals surface area contributed by atoms with Crippen LogP contribution in [0.2, 0.25) is 0 Å². The van der Waals surface area contributed by atoms with Gasteiger partial charge in [-0.05, 0) is 115 Å². The summed E-state index contributed by atoms with van der Waals surface area (Å²) < 4.78 is 13.1. The average molecular weight is 691 g/mol. The maximum atomic E-state index is 6.63. The summed E-state index contributed by atoms with van der Waals surface area (Å²) in [6.45, 7) is 4.33. The van der Waals surface area contributed by atoms with Crippen molar-refractivity contribution in [2.45, 2.75) is 13.8 Å².